The Hall–Kier alpha value is -1.62. The fourth-order valence-corrected chi connectivity index (χ4v) is 1.93. The number of pyridine rings is 1. The summed E-state index contributed by atoms with van der Waals surface area (Å²) in [6.07, 6.45) is 4.23. The summed E-state index contributed by atoms with van der Waals surface area (Å²) in [6, 6.07) is 1.90. The topological polar surface area (TPSA) is 71.5 Å². The summed E-state index contributed by atoms with van der Waals surface area (Å²) >= 11 is 0. The predicted octanol–water partition coefficient (Wildman–Crippen LogP) is 1.43. The second-order valence-electron chi connectivity index (χ2n) is 4.23. The van der Waals surface area contributed by atoms with Crippen LogP contribution in [0.2, 0.25) is 0 Å². The van der Waals surface area contributed by atoms with E-state index in [0.717, 1.165) is 17.7 Å². The van der Waals surface area contributed by atoms with Crippen LogP contribution >= 0.6 is 0 Å². The molecule has 92 valence electrons. The molecule has 1 aromatic rings. The fourth-order valence-electron chi connectivity index (χ4n) is 1.93. The highest BCUT2D eigenvalue weighted by molar-refractivity contribution is 5.72. The normalized spacial score (nSPS) is 23.6. The largest absolute Gasteiger partial charge is 0.479 e. The lowest BCUT2D eigenvalue weighted by Crippen LogP contribution is -2.24. The molecule has 2 atom stereocenters. The van der Waals surface area contributed by atoms with Gasteiger partial charge >= 0.3 is 5.97 Å². The molecule has 1 aliphatic rings. The van der Waals surface area contributed by atoms with Crippen LogP contribution in [0.4, 0.5) is 5.69 Å². The van der Waals surface area contributed by atoms with E-state index in [9.17, 15) is 4.79 Å². The maximum absolute atomic E-state index is 10.7. The third kappa shape index (κ3) is 2.94. The van der Waals surface area contributed by atoms with E-state index >= 15 is 0 Å². The number of anilines is 1. The number of rotatable bonds is 4. The van der Waals surface area contributed by atoms with Crippen LogP contribution in [0.15, 0.2) is 18.5 Å². The van der Waals surface area contributed by atoms with E-state index in [1.807, 2.05) is 13.0 Å². The van der Waals surface area contributed by atoms with Crippen LogP contribution in [0, 0.1) is 6.92 Å². The number of aliphatic carboxylic acids is 1. The van der Waals surface area contributed by atoms with Crippen LogP contribution in [0.25, 0.3) is 0 Å². The maximum atomic E-state index is 10.7. The molecular weight excluding hydrogens is 220 g/mol. The number of nitrogens with zero attached hydrogens (tertiary/aromatic N) is 1. The first-order valence-corrected chi connectivity index (χ1v) is 5.69. The molecule has 0 aromatic carbocycles. The lowest BCUT2D eigenvalue weighted by molar-refractivity contribution is -0.149. The van der Waals surface area contributed by atoms with Crippen molar-refractivity contribution in [2.24, 2.45) is 0 Å². The van der Waals surface area contributed by atoms with Crippen LogP contribution < -0.4 is 5.32 Å². The van der Waals surface area contributed by atoms with Gasteiger partial charge in [0.1, 0.15) is 0 Å². The summed E-state index contributed by atoms with van der Waals surface area (Å²) in [5, 5.41) is 12.1. The fraction of sp³-hybridized carbons (Fsp3) is 0.500. The molecule has 5 heteroatoms. The molecule has 17 heavy (non-hydrogen) atoms. The van der Waals surface area contributed by atoms with Crippen molar-refractivity contribution in [1.29, 1.82) is 0 Å². The van der Waals surface area contributed by atoms with Crippen molar-refractivity contribution in [3.8, 4) is 0 Å². The van der Waals surface area contributed by atoms with Crippen LogP contribution in [0.3, 0.4) is 0 Å². The van der Waals surface area contributed by atoms with E-state index in [4.69, 9.17) is 9.84 Å². The van der Waals surface area contributed by atoms with Crippen molar-refractivity contribution < 1.29 is 14.6 Å². The lowest BCUT2D eigenvalue weighted by atomic mass is 10.2. The molecule has 0 amide bonds. The second kappa shape index (κ2) is 5.14. The molecule has 2 heterocycles. The summed E-state index contributed by atoms with van der Waals surface area (Å²) < 4.78 is 5.41. The molecule has 2 unspecified atom stereocenters. The highest BCUT2D eigenvalue weighted by Gasteiger charge is 2.30. The van der Waals surface area contributed by atoms with Crippen LogP contribution in [0.5, 0.6) is 0 Å². The standard InChI is InChI=1S/C12H16N2O3/c1-8-6-13-5-4-10(8)14-7-9-2-3-11(17-9)12(15)16/h4-6,9,11H,2-3,7H2,1H3,(H,13,14)(H,15,16). The Labute approximate surface area is 99.8 Å². The van der Waals surface area contributed by atoms with Gasteiger partial charge in [-0.15, -0.1) is 0 Å². The average molecular weight is 236 g/mol. The molecule has 1 aliphatic heterocycles. The number of ether oxygens (including phenoxy) is 1. The number of carboxylic acid groups (broad SMARTS) is 1. The molecule has 2 N–H and O–H groups in total. The zero-order valence-corrected chi connectivity index (χ0v) is 9.72. The number of hydrogen-bond acceptors (Lipinski definition) is 4. The van der Waals surface area contributed by atoms with Crippen molar-refractivity contribution in [1.82, 2.24) is 4.98 Å². The number of aryl methyl sites for hydroxylation is 1. The SMILES string of the molecule is Cc1cnccc1NCC1CCC(C(=O)O)O1. The first-order chi connectivity index (χ1) is 8.16. The monoisotopic (exact) mass is 236 g/mol. The summed E-state index contributed by atoms with van der Waals surface area (Å²) in [5.41, 5.74) is 2.09. The quantitative estimate of drug-likeness (QED) is 0.827. The molecule has 1 aromatic heterocycles. The molecule has 0 aliphatic carbocycles. The van der Waals surface area contributed by atoms with E-state index in [1.165, 1.54) is 0 Å². The third-order valence-corrected chi connectivity index (χ3v) is 2.92. The van der Waals surface area contributed by atoms with Crippen molar-refractivity contribution in [3.63, 3.8) is 0 Å². The number of carboxylic acids is 1. The van der Waals surface area contributed by atoms with Gasteiger partial charge in [0.2, 0.25) is 0 Å². The number of carbonyl (C=O) groups is 1. The smallest absolute Gasteiger partial charge is 0.332 e. The predicted molar refractivity (Wildman–Crippen MR) is 63.0 cm³/mol. The van der Waals surface area contributed by atoms with Gasteiger partial charge in [-0.1, -0.05) is 0 Å². The maximum Gasteiger partial charge on any atom is 0.332 e. The van der Waals surface area contributed by atoms with Crippen LogP contribution in [0.1, 0.15) is 18.4 Å². The van der Waals surface area contributed by atoms with Gasteiger partial charge in [-0.25, -0.2) is 4.79 Å². The van der Waals surface area contributed by atoms with E-state index in [0.29, 0.717) is 13.0 Å². The zero-order chi connectivity index (χ0) is 12.3. The van der Waals surface area contributed by atoms with Gasteiger partial charge in [0.15, 0.2) is 6.10 Å². The van der Waals surface area contributed by atoms with Gasteiger partial charge in [0.05, 0.1) is 6.10 Å². The number of nitrogens with one attached hydrogen (secondary N) is 1. The molecule has 0 spiro atoms. The van der Waals surface area contributed by atoms with Crippen LogP contribution in [-0.2, 0) is 9.53 Å². The van der Waals surface area contributed by atoms with E-state index in [-0.39, 0.29) is 6.10 Å². The lowest BCUT2D eigenvalue weighted by Gasteiger charge is -2.14. The van der Waals surface area contributed by atoms with Gasteiger partial charge in [0.25, 0.3) is 0 Å². The van der Waals surface area contributed by atoms with E-state index in [2.05, 4.69) is 10.3 Å². The van der Waals surface area contributed by atoms with Crippen molar-refractivity contribution in [2.75, 3.05) is 11.9 Å². The zero-order valence-electron chi connectivity index (χ0n) is 9.72. The van der Waals surface area contributed by atoms with Crippen LogP contribution in [-0.4, -0.2) is 34.8 Å². The van der Waals surface area contributed by atoms with Gasteiger partial charge in [-0.05, 0) is 31.4 Å². The van der Waals surface area contributed by atoms with E-state index in [1.54, 1.807) is 12.4 Å². The number of aromatic nitrogens is 1. The molecular formula is C12H16N2O3. The first kappa shape index (κ1) is 11.9. The second-order valence-corrected chi connectivity index (χ2v) is 4.23. The Balaban J connectivity index is 1.84. The summed E-state index contributed by atoms with van der Waals surface area (Å²) in [6.45, 7) is 2.61. The Morgan fingerprint density at radius 3 is 3.12 bits per heavy atom. The molecule has 5 nitrogen and oxygen atoms in total. The third-order valence-electron chi connectivity index (χ3n) is 2.92. The van der Waals surface area contributed by atoms with Gasteiger partial charge in [-0.2, -0.15) is 0 Å². The Kier molecular flexibility index (Phi) is 3.58. The highest BCUT2D eigenvalue weighted by Crippen LogP contribution is 2.21. The minimum absolute atomic E-state index is 0.0244. The van der Waals surface area contributed by atoms with E-state index < -0.39 is 12.1 Å². The minimum Gasteiger partial charge on any atom is -0.479 e. The Morgan fingerprint density at radius 2 is 2.47 bits per heavy atom. The van der Waals surface area contributed by atoms with Gasteiger partial charge in [-0.3, -0.25) is 4.98 Å². The minimum atomic E-state index is -0.868. The molecule has 0 radical (unpaired) electrons. The average Bonchev–Trinajstić information content (AvgIpc) is 2.77. The van der Waals surface area contributed by atoms with Gasteiger partial charge in [0, 0.05) is 24.6 Å². The molecule has 1 saturated heterocycles. The molecule has 1 fully saturated rings. The molecule has 2 rings (SSSR count). The van der Waals surface area contributed by atoms with Crippen molar-refractivity contribution in [2.45, 2.75) is 32.0 Å². The Bertz CT molecular complexity index is 408. The molecule has 0 bridgehead atoms. The summed E-state index contributed by atoms with van der Waals surface area (Å²) in [5.74, 6) is -0.868. The van der Waals surface area contributed by atoms with Crippen molar-refractivity contribution in [3.05, 3.63) is 24.0 Å². The highest BCUT2D eigenvalue weighted by atomic mass is 16.5. The van der Waals surface area contributed by atoms with Crippen molar-refractivity contribution >= 4 is 11.7 Å². The summed E-state index contributed by atoms with van der Waals surface area (Å²) in [4.78, 5) is 14.7. The summed E-state index contributed by atoms with van der Waals surface area (Å²) in [7, 11) is 0. The Morgan fingerprint density at radius 1 is 1.65 bits per heavy atom. The number of hydrogen-bond donors (Lipinski definition) is 2. The van der Waals surface area contributed by atoms with Gasteiger partial charge < -0.3 is 15.2 Å². The first-order valence-electron chi connectivity index (χ1n) is 5.69. The molecule has 0 saturated carbocycles.